The fourth-order valence-electron chi connectivity index (χ4n) is 6.22. The van der Waals surface area contributed by atoms with Crippen LogP contribution >= 0.6 is 0 Å². The van der Waals surface area contributed by atoms with Gasteiger partial charge in [0.15, 0.2) is 11.4 Å². The average molecular weight is 564 g/mol. The number of phenols is 1. The zero-order chi connectivity index (χ0) is 30.1. The molecule has 1 saturated carbocycles. The minimum atomic E-state index is -3.06. The molecule has 3 aliphatic carbocycles. The Labute approximate surface area is 231 Å². The molecular formula is C28H25N3O10. The van der Waals surface area contributed by atoms with E-state index in [0.29, 0.717) is 0 Å². The number of hydrogen-bond donors (Lipinski definition) is 6. The monoisotopic (exact) mass is 563 g/mol. The number of nitro groups is 1. The third kappa shape index (κ3) is 3.78. The van der Waals surface area contributed by atoms with Crippen LogP contribution in [-0.4, -0.2) is 84.7 Å². The summed E-state index contributed by atoms with van der Waals surface area (Å²) in [5, 5.41) is 68.0. The number of nitro benzene ring substituents is 1. The summed E-state index contributed by atoms with van der Waals surface area (Å²) in [5.41, 5.74) is 0.715. The molecule has 13 heteroatoms. The Bertz CT molecular complexity index is 1660. The van der Waals surface area contributed by atoms with Gasteiger partial charge in [0.2, 0.25) is 5.78 Å². The number of nitrogens with two attached hydrogens (primary N) is 1. The number of Topliss-reactive ketones (excluding diaryl/α,β-unsaturated/α-hetero) is 2. The van der Waals surface area contributed by atoms with Crippen LogP contribution in [0, 0.1) is 22.0 Å². The second kappa shape index (κ2) is 9.37. The molecule has 212 valence electrons. The van der Waals surface area contributed by atoms with Gasteiger partial charge in [-0.05, 0) is 36.9 Å². The molecule has 3 aliphatic rings. The maximum Gasteiger partial charge on any atom is 0.270 e. The van der Waals surface area contributed by atoms with Crippen LogP contribution in [0.5, 0.6) is 5.75 Å². The van der Waals surface area contributed by atoms with E-state index in [1.54, 1.807) is 0 Å². The van der Waals surface area contributed by atoms with Crippen molar-refractivity contribution in [1.82, 2.24) is 4.90 Å². The highest BCUT2D eigenvalue weighted by Gasteiger charge is 2.68. The fraction of sp³-hybridized carbons (Fsp3) is 0.250. The van der Waals surface area contributed by atoms with Gasteiger partial charge in [0.05, 0.1) is 34.1 Å². The Morgan fingerprint density at radius 1 is 1.12 bits per heavy atom. The van der Waals surface area contributed by atoms with E-state index < -0.39 is 80.4 Å². The molecule has 41 heavy (non-hydrogen) atoms. The van der Waals surface area contributed by atoms with Gasteiger partial charge in [0.25, 0.3) is 11.6 Å². The number of benzene rings is 2. The van der Waals surface area contributed by atoms with Crippen LogP contribution in [0.3, 0.4) is 0 Å². The summed E-state index contributed by atoms with van der Waals surface area (Å²) in [6.45, 7) is 0. The van der Waals surface area contributed by atoms with E-state index in [1.807, 2.05) is 0 Å². The van der Waals surface area contributed by atoms with Crippen molar-refractivity contribution >= 4 is 40.6 Å². The van der Waals surface area contributed by atoms with Crippen molar-refractivity contribution in [2.45, 2.75) is 17.7 Å². The van der Waals surface area contributed by atoms with Gasteiger partial charge < -0.3 is 31.3 Å². The lowest BCUT2D eigenvalue weighted by molar-refractivity contribution is -0.384. The Morgan fingerprint density at radius 2 is 1.78 bits per heavy atom. The molecule has 0 spiro atoms. The molecule has 7 N–H and O–H groups in total. The molecule has 0 aliphatic heterocycles. The number of carbonyl (C=O) groups excluding carboxylic acids is 3. The van der Waals surface area contributed by atoms with Gasteiger partial charge >= 0.3 is 0 Å². The third-order valence-electron chi connectivity index (χ3n) is 7.93. The summed E-state index contributed by atoms with van der Waals surface area (Å²) >= 11 is 0. The maximum absolute atomic E-state index is 14.1. The molecule has 0 radical (unpaired) electrons. The lowest BCUT2D eigenvalue weighted by Crippen LogP contribution is -2.70. The van der Waals surface area contributed by atoms with E-state index in [9.17, 15) is 50.0 Å². The van der Waals surface area contributed by atoms with E-state index >= 15 is 0 Å². The molecular weight excluding hydrogens is 538 g/mol. The summed E-state index contributed by atoms with van der Waals surface area (Å²) in [4.78, 5) is 51.7. The zero-order valence-electron chi connectivity index (χ0n) is 21.7. The number of nitrogens with zero attached hydrogens (tertiary/aromatic N) is 2. The van der Waals surface area contributed by atoms with E-state index in [4.69, 9.17) is 5.73 Å². The summed E-state index contributed by atoms with van der Waals surface area (Å²) < 4.78 is 0. The van der Waals surface area contributed by atoms with E-state index in [-0.39, 0.29) is 28.0 Å². The van der Waals surface area contributed by atoms with Crippen LogP contribution in [0.2, 0.25) is 0 Å². The van der Waals surface area contributed by atoms with E-state index in [1.165, 1.54) is 67.5 Å². The molecule has 0 unspecified atom stereocenters. The quantitative estimate of drug-likeness (QED) is 0.174. The second-order valence-corrected chi connectivity index (χ2v) is 10.4. The Morgan fingerprint density at radius 3 is 2.39 bits per heavy atom. The number of fused-ring (bicyclic) bond motifs is 3. The summed E-state index contributed by atoms with van der Waals surface area (Å²) in [5.74, 6) is -9.59. The molecule has 13 nitrogen and oxygen atoms in total. The lowest BCUT2D eigenvalue weighted by Gasteiger charge is -2.53. The molecule has 0 bridgehead atoms. The number of ketones is 2. The molecule has 5 rings (SSSR count). The van der Waals surface area contributed by atoms with Crippen molar-refractivity contribution in [1.29, 1.82) is 0 Å². The van der Waals surface area contributed by atoms with Crippen LogP contribution in [0.25, 0.3) is 17.4 Å². The summed E-state index contributed by atoms with van der Waals surface area (Å²) in [6.07, 6.45) is -0.438. The van der Waals surface area contributed by atoms with Crippen molar-refractivity contribution in [3.05, 3.63) is 86.2 Å². The topological polar surface area (TPSA) is 225 Å². The molecule has 0 aromatic heterocycles. The fourth-order valence-corrected chi connectivity index (χ4v) is 6.22. The summed E-state index contributed by atoms with van der Waals surface area (Å²) in [7, 11) is 2.80. The first-order valence-electron chi connectivity index (χ1n) is 12.3. The average Bonchev–Trinajstić information content (AvgIpc) is 2.90. The minimum absolute atomic E-state index is 0.126. The van der Waals surface area contributed by atoms with Crippen molar-refractivity contribution in [3.63, 3.8) is 0 Å². The predicted molar refractivity (Wildman–Crippen MR) is 143 cm³/mol. The normalized spacial score (nSPS) is 28.5. The maximum atomic E-state index is 14.1. The number of aromatic hydroxyl groups is 1. The van der Waals surface area contributed by atoms with Gasteiger partial charge in [0.1, 0.15) is 22.8 Å². The molecule has 0 heterocycles. The first-order valence-corrected chi connectivity index (χ1v) is 12.3. The van der Waals surface area contributed by atoms with Crippen molar-refractivity contribution in [2.24, 2.45) is 17.6 Å². The third-order valence-corrected chi connectivity index (χ3v) is 7.93. The number of non-ortho nitro benzene ring substituents is 1. The van der Waals surface area contributed by atoms with E-state index in [2.05, 4.69) is 0 Å². The standard InChI is InChI=1S/C28H25N3O10/c1-30(2)21-20-23(34)17-14(10-11-5-3-6-12(9-11)31(40)41)13-7-4-8-15(32)16(13)22(33)18(17)25(36)28(20,39)26(37)19(24(21)35)27(29)38/h3-10,17,20-21,23,32-34,37,39H,1-2H3,(H2,29,38)/b14-10+/t17-,20-,21+,23-,28+/m1/s1. The second-order valence-electron chi connectivity index (χ2n) is 10.4. The van der Waals surface area contributed by atoms with Crippen LogP contribution in [0.4, 0.5) is 5.69 Å². The Hall–Kier alpha value is -4.85. The largest absolute Gasteiger partial charge is 0.508 e. The van der Waals surface area contributed by atoms with Gasteiger partial charge in [-0.15, -0.1) is 0 Å². The predicted octanol–water partition coefficient (Wildman–Crippen LogP) is 0.841. The van der Waals surface area contributed by atoms with Gasteiger partial charge in [-0.3, -0.25) is 29.4 Å². The molecule has 1 fully saturated rings. The number of rotatable bonds is 4. The Balaban J connectivity index is 1.85. The zero-order valence-corrected chi connectivity index (χ0v) is 21.7. The minimum Gasteiger partial charge on any atom is -0.508 e. The number of aliphatic hydroxyl groups is 4. The SMILES string of the molecule is CN(C)[C@@H]1C(=O)C(C(N)=O)=C(O)[C@@]2(O)C(=O)C3=C(O)c4c(O)cccc4/C(=C\c4cccc([N+](=O)[O-])c4)[C@H]3[C@@H](O)[C@@H]12. The molecule has 2 aromatic carbocycles. The number of phenolic OH excluding ortho intramolecular Hbond substituents is 1. The molecule has 5 atom stereocenters. The Kier molecular flexibility index (Phi) is 6.33. The number of aliphatic hydroxyl groups excluding tert-OH is 3. The number of hydrogen-bond acceptors (Lipinski definition) is 11. The van der Waals surface area contributed by atoms with Crippen LogP contribution in [-0.2, 0) is 14.4 Å². The van der Waals surface area contributed by atoms with Crippen molar-refractivity contribution in [2.75, 3.05) is 14.1 Å². The highest BCUT2D eigenvalue weighted by molar-refractivity contribution is 6.25. The number of primary amides is 1. The number of likely N-dealkylation sites (N-methyl/N-ethyl adjacent to an activating group) is 1. The van der Waals surface area contributed by atoms with Crippen LogP contribution in [0.1, 0.15) is 16.7 Å². The van der Waals surface area contributed by atoms with Gasteiger partial charge in [-0.25, -0.2) is 0 Å². The highest BCUT2D eigenvalue weighted by atomic mass is 16.6. The lowest BCUT2D eigenvalue weighted by atomic mass is 9.55. The smallest absolute Gasteiger partial charge is 0.270 e. The van der Waals surface area contributed by atoms with Gasteiger partial charge in [-0.1, -0.05) is 30.3 Å². The van der Waals surface area contributed by atoms with Crippen LogP contribution in [0.15, 0.2) is 59.4 Å². The first kappa shape index (κ1) is 27.7. The summed E-state index contributed by atoms with van der Waals surface area (Å²) in [6, 6.07) is 8.08. The van der Waals surface area contributed by atoms with Gasteiger partial charge in [-0.2, -0.15) is 0 Å². The van der Waals surface area contributed by atoms with Crippen LogP contribution < -0.4 is 5.73 Å². The molecule has 0 saturated heterocycles. The highest BCUT2D eigenvalue weighted by Crippen LogP contribution is 2.56. The number of carbonyl (C=O) groups is 3. The van der Waals surface area contributed by atoms with Crippen molar-refractivity contribution < 1.29 is 44.8 Å². The van der Waals surface area contributed by atoms with E-state index in [0.717, 1.165) is 0 Å². The van der Waals surface area contributed by atoms with Crippen molar-refractivity contribution in [3.8, 4) is 5.75 Å². The first-order chi connectivity index (χ1) is 19.2. The molecule has 1 amide bonds. The van der Waals surface area contributed by atoms with Gasteiger partial charge in [0, 0.05) is 18.1 Å². The number of amides is 1. The molecule has 2 aromatic rings.